The van der Waals surface area contributed by atoms with Gasteiger partial charge < -0.3 is 0 Å². The van der Waals surface area contributed by atoms with Crippen LogP contribution in [-0.2, 0) is 0 Å². The molecule has 1 rings (SSSR count). The molecule has 1 nitrogen and oxygen atoms in total. The van der Waals surface area contributed by atoms with Crippen molar-refractivity contribution in [2.45, 2.75) is 9.85 Å². The summed E-state index contributed by atoms with van der Waals surface area (Å²) in [5.41, 5.74) is 1.29. The van der Waals surface area contributed by atoms with Gasteiger partial charge in [-0.05, 0) is 38.0 Å². The molecule has 0 spiro atoms. The number of rotatable bonds is 3. The van der Waals surface area contributed by atoms with Crippen LogP contribution >= 0.6 is 27.7 Å². The maximum Gasteiger partial charge on any atom is 0.0906 e. The Bertz CT molecular complexity index is 258. The fourth-order valence-corrected chi connectivity index (χ4v) is 1.77. The highest BCUT2D eigenvalue weighted by Gasteiger charge is 2.08. The number of benzene rings is 1. The Kier molecular flexibility index (Phi) is 4.29. The number of thioether (sulfide) groups is 1. The molecule has 0 heterocycles. The van der Waals surface area contributed by atoms with Crippen LogP contribution in [0.4, 0.5) is 0 Å². The molecule has 0 aliphatic carbocycles. The van der Waals surface area contributed by atoms with Gasteiger partial charge in [-0.1, -0.05) is 28.1 Å². The molecular weight excluding hydrogens is 246 g/mol. The number of hydrogen-bond acceptors (Lipinski definition) is 2. The lowest BCUT2D eigenvalue weighted by Crippen LogP contribution is -2.13. The molecule has 0 radical (unpaired) electrons. The minimum absolute atomic E-state index is 0.309. The Morgan fingerprint density at radius 2 is 1.77 bits per heavy atom. The second-order valence-corrected chi connectivity index (χ2v) is 4.82. The molecule has 0 saturated carbocycles. The summed E-state index contributed by atoms with van der Waals surface area (Å²) in [6.45, 7) is 0. The summed E-state index contributed by atoms with van der Waals surface area (Å²) >= 11 is 5.38. The van der Waals surface area contributed by atoms with Crippen molar-refractivity contribution in [3.63, 3.8) is 0 Å². The van der Waals surface area contributed by atoms with Gasteiger partial charge >= 0.3 is 0 Å². The average Bonchev–Trinajstić information content (AvgIpc) is 2.17. The van der Waals surface area contributed by atoms with Gasteiger partial charge in [-0.2, -0.15) is 0 Å². The molecule has 0 N–H and O–H groups in total. The molecule has 0 saturated heterocycles. The topological polar surface area (TPSA) is 3.24 Å². The van der Waals surface area contributed by atoms with Crippen molar-refractivity contribution in [3.05, 3.63) is 29.8 Å². The molecular formula is C10H14BrNS. The van der Waals surface area contributed by atoms with Crippen LogP contribution in [0.2, 0.25) is 0 Å². The van der Waals surface area contributed by atoms with E-state index >= 15 is 0 Å². The zero-order chi connectivity index (χ0) is 9.84. The number of halogens is 1. The van der Waals surface area contributed by atoms with E-state index in [1.807, 2.05) is 0 Å². The molecule has 0 aliphatic heterocycles. The summed E-state index contributed by atoms with van der Waals surface area (Å²) in [6.07, 6.45) is 2.09. The third-order valence-electron chi connectivity index (χ3n) is 1.84. The maximum absolute atomic E-state index is 3.62. The van der Waals surface area contributed by atoms with E-state index in [0.29, 0.717) is 4.95 Å². The summed E-state index contributed by atoms with van der Waals surface area (Å²) in [5, 5.41) is 0. The smallest absolute Gasteiger partial charge is 0.0906 e. The van der Waals surface area contributed by atoms with Crippen LogP contribution in [-0.4, -0.2) is 25.3 Å². The summed E-state index contributed by atoms with van der Waals surface area (Å²) in [4.78, 5) is 3.75. The van der Waals surface area contributed by atoms with E-state index in [9.17, 15) is 0 Å². The summed E-state index contributed by atoms with van der Waals surface area (Å²) in [7, 11) is 4.11. The van der Waals surface area contributed by atoms with E-state index in [0.717, 1.165) is 0 Å². The van der Waals surface area contributed by atoms with Crippen molar-refractivity contribution in [3.8, 4) is 0 Å². The number of hydrogen-bond donors (Lipinski definition) is 0. The Labute approximate surface area is 92.6 Å². The van der Waals surface area contributed by atoms with E-state index < -0.39 is 0 Å². The molecule has 3 heteroatoms. The summed E-state index contributed by atoms with van der Waals surface area (Å²) in [6, 6.07) is 8.62. The Morgan fingerprint density at radius 3 is 2.15 bits per heavy atom. The normalized spacial score (nSPS) is 13.3. The van der Waals surface area contributed by atoms with Crippen LogP contribution in [0.5, 0.6) is 0 Å². The van der Waals surface area contributed by atoms with Gasteiger partial charge in [0.2, 0.25) is 0 Å². The lowest BCUT2D eigenvalue weighted by Gasteiger charge is -2.18. The fourth-order valence-electron chi connectivity index (χ4n) is 1.06. The predicted octanol–water partition coefficient (Wildman–Crippen LogP) is 3.36. The fraction of sp³-hybridized carbons (Fsp3) is 0.400. The molecule has 1 aromatic carbocycles. The van der Waals surface area contributed by atoms with Crippen molar-refractivity contribution >= 4 is 27.7 Å². The lowest BCUT2D eigenvalue weighted by molar-refractivity contribution is 0.398. The first-order chi connectivity index (χ1) is 6.15. The molecule has 0 amide bonds. The lowest BCUT2D eigenvalue weighted by atomic mass is 10.2. The van der Waals surface area contributed by atoms with Crippen molar-refractivity contribution in [2.24, 2.45) is 0 Å². The Morgan fingerprint density at radius 1 is 1.23 bits per heavy atom. The van der Waals surface area contributed by atoms with Gasteiger partial charge in [0.05, 0.1) is 4.95 Å². The van der Waals surface area contributed by atoms with Gasteiger partial charge in [0.1, 0.15) is 0 Å². The second-order valence-electron chi connectivity index (χ2n) is 3.07. The first kappa shape index (κ1) is 11.1. The number of nitrogens with zero attached hydrogens (tertiary/aromatic N) is 1. The van der Waals surface area contributed by atoms with Crippen LogP contribution < -0.4 is 0 Å². The van der Waals surface area contributed by atoms with Crippen LogP contribution in [0.3, 0.4) is 0 Å². The van der Waals surface area contributed by atoms with Crippen molar-refractivity contribution < 1.29 is 0 Å². The van der Waals surface area contributed by atoms with Crippen LogP contribution in [0.1, 0.15) is 10.5 Å². The molecule has 1 unspecified atom stereocenters. The largest absolute Gasteiger partial charge is 0.293 e. The van der Waals surface area contributed by atoms with Gasteiger partial charge in [-0.25, -0.2) is 0 Å². The third kappa shape index (κ3) is 3.01. The van der Waals surface area contributed by atoms with Crippen LogP contribution in [0.15, 0.2) is 29.2 Å². The quantitative estimate of drug-likeness (QED) is 0.465. The molecule has 0 bridgehead atoms. The molecule has 0 aliphatic rings. The van der Waals surface area contributed by atoms with E-state index in [2.05, 4.69) is 65.4 Å². The molecule has 0 fully saturated rings. The maximum atomic E-state index is 3.62. The molecule has 1 aromatic rings. The predicted molar refractivity (Wildman–Crippen MR) is 63.6 cm³/mol. The van der Waals surface area contributed by atoms with Crippen molar-refractivity contribution in [2.75, 3.05) is 20.4 Å². The standard InChI is InChI=1S/C10H14BrNS/c1-12(2)10(11)8-4-6-9(13-3)7-5-8/h4-7,10H,1-3H3. The van der Waals surface area contributed by atoms with E-state index in [1.54, 1.807) is 11.8 Å². The number of alkyl halides is 1. The zero-order valence-corrected chi connectivity index (χ0v) is 10.5. The van der Waals surface area contributed by atoms with Gasteiger partial charge in [-0.15, -0.1) is 11.8 Å². The second kappa shape index (κ2) is 5.03. The SMILES string of the molecule is CSc1ccc(C(Br)N(C)C)cc1. The first-order valence-corrected chi connectivity index (χ1v) is 6.23. The van der Waals surface area contributed by atoms with Crippen molar-refractivity contribution in [1.29, 1.82) is 0 Å². The summed E-state index contributed by atoms with van der Waals surface area (Å²) in [5.74, 6) is 0. The highest BCUT2D eigenvalue weighted by Crippen LogP contribution is 2.26. The van der Waals surface area contributed by atoms with Gasteiger partial charge in [0.25, 0.3) is 0 Å². The highest BCUT2D eigenvalue weighted by atomic mass is 79.9. The van der Waals surface area contributed by atoms with E-state index in [1.165, 1.54) is 10.5 Å². The summed E-state index contributed by atoms with van der Waals surface area (Å²) < 4.78 is 0. The van der Waals surface area contributed by atoms with Crippen LogP contribution in [0, 0.1) is 0 Å². The molecule has 0 aromatic heterocycles. The molecule has 13 heavy (non-hydrogen) atoms. The van der Waals surface area contributed by atoms with Crippen molar-refractivity contribution in [1.82, 2.24) is 4.90 Å². The van der Waals surface area contributed by atoms with E-state index in [-0.39, 0.29) is 0 Å². The minimum atomic E-state index is 0.309. The first-order valence-electron chi connectivity index (χ1n) is 4.09. The van der Waals surface area contributed by atoms with Crippen LogP contribution in [0.25, 0.3) is 0 Å². The molecule has 72 valence electrons. The Balaban J connectivity index is 2.79. The molecule has 1 atom stereocenters. The highest BCUT2D eigenvalue weighted by molar-refractivity contribution is 9.09. The zero-order valence-electron chi connectivity index (χ0n) is 8.12. The van der Waals surface area contributed by atoms with Gasteiger partial charge in [-0.3, -0.25) is 4.90 Å². The van der Waals surface area contributed by atoms with E-state index in [4.69, 9.17) is 0 Å². The Hall–Kier alpha value is 0.01000. The average molecular weight is 260 g/mol. The third-order valence-corrected chi connectivity index (χ3v) is 3.94. The monoisotopic (exact) mass is 259 g/mol. The van der Waals surface area contributed by atoms with Gasteiger partial charge in [0.15, 0.2) is 0 Å². The minimum Gasteiger partial charge on any atom is -0.293 e. The van der Waals surface area contributed by atoms with Gasteiger partial charge in [0, 0.05) is 4.90 Å².